The van der Waals surface area contributed by atoms with Gasteiger partial charge in [-0.15, -0.1) is 0 Å². The van der Waals surface area contributed by atoms with Gasteiger partial charge in [0.1, 0.15) is 12.4 Å². The first-order chi connectivity index (χ1) is 12.1. The highest BCUT2D eigenvalue weighted by Crippen LogP contribution is 2.16. The van der Waals surface area contributed by atoms with Crippen molar-refractivity contribution in [3.8, 4) is 0 Å². The summed E-state index contributed by atoms with van der Waals surface area (Å²) in [5.74, 6) is -0.304. The molecule has 0 aromatic heterocycles. The second kappa shape index (κ2) is 8.29. The van der Waals surface area contributed by atoms with Crippen molar-refractivity contribution in [2.24, 2.45) is 0 Å². The van der Waals surface area contributed by atoms with Crippen LogP contribution in [0.3, 0.4) is 0 Å². The van der Waals surface area contributed by atoms with E-state index in [1.807, 2.05) is 6.07 Å². The summed E-state index contributed by atoms with van der Waals surface area (Å²) < 4.78 is 13.8. The van der Waals surface area contributed by atoms with E-state index in [9.17, 15) is 14.0 Å². The molecule has 2 fully saturated rings. The Morgan fingerprint density at radius 3 is 2.96 bits per heavy atom. The van der Waals surface area contributed by atoms with Gasteiger partial charge in [-0.3, -0.25) is 9.69 Å². The Labute approximate surface area is 147 Å². The molecular formula is C18H25FN4O2. The minimum Gasteiger partial charge on any atom is -0.354 e. The zero-order valence-corrected chi connectivity index (χ0v) is 14.3. The smallest absolute Gasteiger partial charge is 0.318 e. The molecule has 0 radical (unpaired) electrons. The molecule has 2 saturated heterocycles. The number of carbonyl (C=O) groups excluding carboxylic acids is 2. The van der Waals surface area contributed by atoms with E-state index in [4.69, 9.17) is 0 Å². The normalized spacial score (nSPS) is 22.2. The molecular weight excluding hydrogens is 323 g/mol. The molecule has 3 rings (SSSR count). The molecule has 6 nitrogen and oxygen atoms in total. The van der Waals surface area contributed by atoms with Crippen molar-refractivity contribution >= 4 is 11.9 Å². The fraction of sp³-hybridized carbons (Fsp3) is 0.556. The molecule has 0 saturated carbocycles. The molecule has 1 atom stereocenters. The second-order valence-electron chi connectivity index (χ2n) is 6.74. The van der Waals surface area contributed by atoms with Gasteiger partial charge in [-0.05, 0) is 31.9 Å². The summed E-state index contributed by atoms with van der Waals surface area (Å²) in [6.45, 7) is 3.44. The van der Waals surface area contributed by atoms with Gasteiger partial charge in [0.05, 0.1) is 0 Å². The summed E-state index contributed by atoms with van der Waals surface area (Å²) in [5.41, 5.74) is 0.679. The standard InChI is InChI=1S/C18H25FN4O2/c19-16-7-2-1-5-14(16)11-22-9-3-6-15(12-22)21-18(25)23-10-4-8-20-17(24)13-23/h1-2,5,7,15H,3-4,6,8-13H2,(H,20,24)(H,21,25)/t15-/m0/s1. The maximum atomic E-state index is 13.8. The lowest BCUT2D eigenvalue weighted by molar-refractivity contribution is -0.121. The van der Waals surface area contributed by atoms with Crippen LogP contribution < -0.4 is 10.6 Å². The Hall–Kier alpha value is -2.15. The summed E-state index contributed by atoms with van der Waals surface area (Å²) in [6.07, 6.45) is 2.63. The van der Waals surface area contributed by atoms with E-state index in [1.165, 1.54) is 6.07 Å². The number of hydrogen-bond donors (Lipinski definition) is 2. The first-order valence-electron chi connectivity index (χ1n) is 8.90. The Morgan fingerprint density at radius 1 is 1.28 bits per heavy atom. The van der Waals surface area contributed by atoms with Crippen LogP contribution in [-0.4, -0.2) is 60.5 Å². The van der Waals surface area contributed by atoms with Crippen LogP contribution in [0.2, 0.25) is 0 Å². The van der Waals surface area contributed by atoms with Gasteiger partial charge in [0.25, 0.3) is 0 Å². The first-order valence-corrected chi connectivity index (χ1v) is 8.90. The van der Waals surface area contributed by atoms with Crippen LogP contribution in [0.25, 0.3) is 0 Å². The third kappa shape index (κ3) is 4.92. The number of urea groups is 1. The van der Waals surface area contributed by atoms with E-state index in [0.717, 1.165) is 25.8 Å². The van der Waals surface area contributed by atoms with E-state index < -0.39 is 0 Å². The lowest BCUT2D eigenvalue weighted by Gasteiger charge is -2.34. The Bertz CT molecular complexity index is 625. The zero-order chi connectivity index (χ0) is 17.6. The van der Waals surface area contributed by atoms with Crippen molar-refractivity contribution in [3.63, 3.8) is 0 Å². The molecule has 1 aromatic carbocycles. The topological polar surface area (TPSA) is 64.7 Å². The number of likely N-dealkylation sites (tertiary alicyclic amines) is 1. The number of rotatable bonds is 3. The fourth-order valence-corrected chi connectivity index (χ4v) is 3.43. The minimum absolute atomic E-state index is 0.0272. The van der Waals surface area contributed by atoms with Gasteiger partial charge in [-0.25, -0.2) is 9.18 Å². The van der Waals surface area contributed by atoms with E-state index in [0.29, 0.717) is 31.7 Å². The Balaban J connectivity index is 1.53. The first kappa shape index (κ1) is 17.7. The number of nitrogens with one attached hydrogen (secondary N) is 2. The van der Waals surface area contributed by atoms with Crippen LogP contribution in [0.4, 0.5) is 9.18 Å². The summed E-state index contributed by atoms with van der Waals surface area (Å²) in [4.78, 5) is 27.8. The van der Waals surface area contributed by atoms with Crippen molar-refractivity contribution in [3.05, 3.63) is 35.6 Å². The Kier molecular flexibility index (Phi) is 5.86. The van der Waals surface area contributed by atoms with Crippen LogP contribution >= 0.6 is 0 Å². The average Bonchev–Trinajstić information content (AvgIpc) is 2.82. The predicted octanol–water partition coefficient (Wildman–Crippen LogP) is 1.32. The predicted molar refractivity (Wildman–Crippen MR) is 92.4 cm³/mol. The summed E-state index contributed by atoms with van der Waals surface area (Å²) in [5, 5.41) is 5.81. The van der Waals surface area contributed by atoms with Crippen molar-refractivity contribution in [1.29, 1.82) is 0 Å². The molecule has 2 aliphatic rings. The maximum absolute atomic E-state index is 13.8. The molecule has 0 aliphatic carbocycles. The van der Waals surface area contributed by atoms with Gasteiger partial charge < -0.3 is 15.5 Å². The Morgan fingerprint density at radius 2 is 2.12 bits per heavy atom. The third-order valence-electron chi connectivity index (χ3n) is 4.73. The van der Waals surface area contributed by atoms with Gasteiger partial charge in [-0.1, -0.05) is 18.2 Å². The van der Waals surface area contributed by atoms with Gasteiger partial charge >= 0.3 is 6.03 Å². The number of piperidine rings is 1. The fourth-order valence-electron chi connectivity index (χ4n) is 3.43. The molecule has 2 N–H and O–H groups in total. The quantitative estimate of drug-likeness (QED) is 0.866. The monoisotopic (exact) mass is 348 g/mol. The van der Waals surface area contributed by atoms with Crippen LogP contribution in [0, 0.1) is 5.82 Å². The van der Waals surface area contributed by atoms with E-state index in [1.54, 1.807) is 17.0 Å². The molecule has 1 aromatic rings. The molecule has 25 heavy (non-hydrogen) atoms. The summed E-state index contributed by atoms with van der Waals surface area (Å²) in [7, 11) is 0. The number of benzene rings is 1. The van der Waals surface area contributed by atoms with E-state index in [-0.39, 0.29) is 30.3 Å². The highest BCUT2D eigenvalue weighted by Gasteiger charge is 2.25. The molecule has 0 spiro atoms. The van der Waals surface area contributed by atoms with Crippen molar-refractivity contribution in [2.75, 3.05) is 32.7 Å². The molecule has 0 unspecified atom stereocenters. The van der Waals surface area contributed by atoms with Gasteiger partial charge in [0.2, 0.25) is 5.91 Å². The average molecular weight is 348 g/mol. The second-order valence-corrected chi connectivity index (χ2v) is 6.74. The molecule has 7 heteroatoms. The minimum atomic E-state index is -0.191. The van der Waals surface area contributed by atoms with Crippen LogP contribution in [-0.2, 0) is 11.3 Å². The lowest BCUT2D eigenvalue weighted by Crippen LogP contribution is -2.52. The van der Waals surface area contributed by atoms with Crippen molar-refractivity contribution in [2.45, 2.75) is 31.8 Å². The summed E-state index contributed by atoms with van der Waals surface area (Å²) in [6, 6.07) is 6.65. The SMILES string of the molecule is O=C1CN(C(=O)N[C@H]2CCCN(Cc3ccccc3F)C2)CCCN1. The number of halogens is 1. The van der Waals surface area contributed by atoms with E-state index >= 15 is 0 Å². The highest BCUT2D eigenvalue weighted by molar-refractivity contribution is 5.84. The highest BCUT2D eigenvalue weighted by atomic mass is 19.1. The maximum Gasteiger partial charge on any atom is 0.318 e. The van der Waals surface area contributed by atoms with Crippen LogP contribution in [0.1, 0.15) is 24.8 Å². The van der Waals surface area contributed by atoms with Gasteiger partial charge in [0, 0.05) is 37.8 Å². The number of nitrogens with zero attached hydrogens (tertiary/aromatic N) is 2. The van der Waals surface area contributed by atoms with Crippen LogP contribution in [0.5, 0.6) is 0 Å². The number of amides is 3. The molecule has 136 valence electrons. The van der Waals surface area contributed by atoms with Gasteiger partial charge in [0.15, 0.2) is 0 Å². The largest absolute Gasteiger partial charge is 0.354 e. The molecule has 0 bridgehead atoms. The number of hydrogen-bond acceptors (Lipinski definition) is 3. The zero-order valence-electron chi connectivity index (χ0n) is 14.3. The molecule has 2 aliphatic heterocycles. The molecule has 2 heterocycles. The summed E-state index contributed by atoms with van der Waals surface area (Å²) >= 11 is 0. The van der Waals surface area contributed by atoms with Gasteiger partial charge in [-0.2, -0.15) is 0 Å². The lowest BCUT2D eigenvalue weighted by atomic mass is 10.0. The van der Waals surface area contributed by atoms with Crippen LogP contribution in [0.15, 0.2) is 24.3 Å². The molecule has 3 amide bonds. The van der Waals surface area contributed by atoms with Crippen molar-refractivity contribution < 1.29 is 14.0 Å². The third-order valence-corrected chi connectivity index (χ3v) is 4.73. The van der Waals surface area contributed by atoms with E-state index in [2.05, 4.69) is 15.5 Å². The number of carbonyl (C=O) groups is 2. The van der Waals surface area contributed by atoms with Crippen molar-refractivity contribution in [1.82, 2.24) is 20.4 Å².